The van der Waals surface area contributed by atoms with Crippen LogP contribution in [0.3, 0.4) is 0 Å². The van der Waals surface area contributed by atoms with E-state index in [0.29, 0.717) is 16.4 Å². The normalized spacial score (nSPS) is 10.8. The van der Waals surface area contributed by atoms with E-state index in [2.05, 4.69) is 22.4 Å². The van der Waals surface area contributed by atoms with Gasteiger partial charge in [-0.2, -0.15) is 0 Å². The summed E-state index contributed by atoms with van der Waals surface area (Å²) in [5.41, 5.74) is 5.89. The zero-order chi connectivity index (χ0) is 22.8. The Labute approximate surface area is 195 Å². The average molecular weight is 452 g/mol. The van der Waals surface area contributed by atoms with Crippen LogP contribution < -0.4 is 10.1 Å². The third-order valence-electron chi connectivity index (χ3n) is 5.41. The number of thiazole rings is 1. The number of carbonyl (C=O) groups is 1. The van der Waals surface area contributed by atoms with Crippen LogP contribution in [0.4, 0.5) is 5.13 Å². The molecule has 5 nitrogen and oxygen atoms in total. The van der Waals surface area contributed by atoms with Crippen molar-refractivity contribution in [3.8, 4) is 28.0 Å². The van der Waals surface area contributed by atoms with Crippen molar-refractivity contribution in [3.05, 3.63) is 96.3 Å². The number of nitrogens with zero attached hydrogens (tertiary/aromatic N) is 2. The molecule has 2 aromatic heterocycles. The SMILES string of the molecule is COc1ccccc1-c1cc(C)ncc1C(=O)Nc1nc2c(-c3ccccc3)cccc2s1. The number of anilines is 1. The van der Waals surface area contributed by atoms with Crippen LogP contribution in [0.2, 0.25) is 0 Å². The Morgan fingerprint density at radius 3 is 2.48 bits per heavy atom. The molecule has 0 radical (unpaired) electrons. The molecule has 33 heavy (non-hydrogen) atoms. The second-order valence-electron chi connectivity index (χ2n) is 7.56. The molecular weight excluding hydrogens is 430 g/mol. The first-order valence-corrected chi connectivity index (χ1v) is 11.3. The number of aryl methyl sites for hydroxylation is 1. The van der Waals surface area contributed by atoms with Crippen LogP contribution in [0.15, 0.2) is 85.1 Å². The summed E-state index contributed by atoms with van der Waals surface area (Å²) in [6.07, 6.45) is 1.61. The van der Waals surface area contributed by atoms with Crippen LogP contribution in [-0.2, 0) is 0 Å². The average Bonchev–Trinajstić information content (AvgIpc) is 3.26. The molecule has 0 fully saturated rings. The van der Waals surface area contributed by atoms with Crippen LogP contribution in [-0.4, -0.2) is 23.0 Å². The van der Waals surface area contributed by atoms with E-state index in [0.717, 1.165) is 38.2 Å². The predicted molar refractivity (Wildman–Crippen MR) is 134 cm³/mol. The maximum Gasteiger partial charge on any atom is 0.259 e. The van der Waals surface area contributed by atoms with Gasteiger partial charge in [-0.05, 0) is 30.7 Å². The van der Waals surface area contributed by atoms with Gasteiger partial charge in [-0.25, -0.2) is 4.98 Å². The highest BCUT2D eigenvalue weighted by Crippen LogP contribution is 2.35. The lowest BCUT2D eigenvalue weighted by Gasteiger charge is -2.13. The van der Waals surface area contributed by atoms with E-state index < -0.39 is 0 Å². The number of nitrogens with one attached hydrogen (secondary N) is 1. The molecule has 6 heteroatoms. The number of benzene rings is 3. The maximum atomic E-state index is 13.3. The summed E-state index contributed by atoms with van der Waals surface area (Å²) >= 11 is 1.45. The molecule has 0 atom stereocenters. The first kappa shape index (κ1) is 20.8. The summed E-state index contributed by atoms with van der Waals surface area (Å²) in [5.74, 6) is 0.438. The Morgan fingerprint density at radius 1 is 0.909 bits per heavy atom. The number of para-hydroxylation sites is 2. The van der Waals surface area contributed by atoms with E-state index in [4.69, 9.17) is 9.72 Å². The molecule has 0 aliphatic carbocycles. The van der Waals surface area contributed by atoms with E-state index in [-0.39, 0.29) is 5.91 Å². The number of hydrogen-bond acceptors (Lipinski definition) is 5. The molecule has 5 rings (SSSR count). The molecule has 0 aliphatic rings. The van der Waals surface area contributed by atoms with E-state index in [1.54, 1.807) is 13.3 Å². The summed E-state index contributed by atoms with van der Waals surface area (Å²) in [7, 11) is 1.62. The fourth-order valence-electron chi connectivity index (χ4n) is 3.85. The van der Waals surface area contributed by atoms with Gasteiger partial charge >= 0.3 is 0 Å². The molecule has 0 bridgehead atoms. The van der Waals surface area contributed by atoms with Gasteiger partial charge in [0.1, 0.15) is 5.75 Å². The molecule has 2 heterocycles. The first-order valence-electron chi connectivity index (χ1n) is 10.5. The number of fused-ring (bicyclic) bond motifs is 1. The van der Waals surface area contributed by atoms with Gasteiger partial charge in [0.15, 0.2) is 5.13 Å². The van der Waals surface area contributed by atoms with Gasteiger partial charge in [-0.15, -0.1) is 0 Å². The highest BCUT2D eigenvalue weighted by molar-refractivity contribution is 7.22. The van der Waals surface area contributed by atoms with E-state index in [9.17, 15) is 4.79 Å². The van der Waals surface area contributed by atoms with E-state index in [1.165, 1.54) is 11.3 Å². The number of hydrogen-bond donors (Lipinski definition) is 1. The maximum absolute atomic E-state index is 13.3. The minimum Gasteiger partial charge on any atom is -0.496 e. The Hall–Kier alpha value is -4.03. The summed E-state index contributed by atoms with van der Waals surface area (Å²) in [6, 6.07) is 25.8. The summed E-state index contributed by atoms with van der Waals surface area (Å²) < 4.78 is 6.54. The lowest BCUT2D eigenvalue weighted by molar-refractivity contribution is 0.102. The lowest BCUT2D eigenvalue weighted by atomic mass is 9.99. The van der Waals surface area contributed by atoms with Crippen LogP contribution in [0.25, 0.3) is 32.5 Å². The second kappa shape index (κ2) is 8.84. The number of pyridine rings is 1. The van der Waals surface area contributed by atoms with Gasteiger partial charge in [0, 0.05) is 28.6 Å². The summed E-state index contributed by atoms with van der Waals surface area (Å²) in [5, 5.41) is 3.53. The van der Waals surface area contributed by atoms with Crippen molar-refractivity contribution >= 4 is 32.6 Å². The van der Waals surface area contributed by atoms with Crippen LogP contribution in [0.1, 0.15) is 16.1 Å². The fourth-order valence-corrected chi connectivity index (χ4v) is 4.74. The van der Waals surface area contributed by atoms with Crippen molar-refractivity contribution < 1.29 is 9.53 Å². The Balaban J connectivity index is 1.52. The molecule has 1 amide bonds. The number of carbonyl (C=O) groups excluding carboxylic acids is 1. The second-order valence-corrected chi connectivity index (χ2v) is 8.59. The van der Waals surface area contributed by atoms with Crippen LogP contribution >= 0.6 is 11.3 Å². The van der Waals surface area contributed by atoms with E-state index >= 15 is 0 Å². The van der Waals surface area contributed by atoms with Gasteiger partial charge in [-0.1, -0.05) is 72.0 Å². The smallest absolute Gasteiger partial charge is 0.259 e. The van der Waals surface area contributed by atoms with Gasteiger partial charge < -0.3 is 4.74 Å². The molecule has 0 aliphatic heterocycles. The lowest BCUT2D eigenvalue weighted by Crippen LogP contribution is -2.14. The zero-order valence-corrected chi connectivity index (χ0v) is 19.0. The Bertz CT molecular complexity index is 1460. The highest BCUT2D eigenvalue weighted by atomic mass is 32.1. The molecule has 0 unspecified atom stereocenters. The Kier molecular flexibility index (Phi) is 5.59. The number of aromatic nitrogens is 2. The third-order valence-corrected chi connectivity index (χ3v) is 6.34. The van der Waals surface area contributed by atoms with Crippen LogP contribution in [0.5, 0.6) is 5.75 Å². The molecule has 162 valence electrons. The summed E-state index contributed by atoms with van der Waals surface area (Å²) in [4.78, 5) is 22.4. The monoisotopic (exact) mass is 451 g/mol. The van der Waals surface area contributed by atoms with Gasteiger partial charge in [0.25, 0.3) is 5.91 Å². The topological polar surface area (TPSA) is 64.1 Å². The summed E-state index contributed by atoms with van der Waals surface area (Å²) in [6.45, 7) is 1.90. The fraction of sp³-hybridized carbons (Fsp3) is 0.0741. The minimum absolute atomic E-state index is 0.260. The zero-order valence-electron chi connectivity index (χ0n) is 18.2. The van der Waals surface area contributed by atoms with Crippen molar-refractivity contribution in [2.24, 2.45) is 0 Å². The van der Waals surface area contributed by atoms with Crippen molar-refractivity contribution in [3.63, 3.8) is 0 Å². The van der Waals surface area contributed by atoms with Crippen LogP contribution in [0, 0.1) is 6.92 Å². The number of ether oxygens (including phenoxy) is 1. The standard InChI is InChI=1S/C27H21N3O2S/c1-17-15-21(20-11-6-7-13-23(20)32-2)22(16-28-17)26(31)30-27-29-25-19(12-8-14-24(25)33-27)18-9-4-3-5-10-18/h3-16H,1-2H3,(H,29,30,31). The van der Waals surface area contributed by atoms with Crippen molar-refractivity contribution in [1.29, 1.82) is 0 Å². The third kappa shape index (κ3) is 4.08. The highest BCUT2D eigenvalue weighted by Gasteiger charge is 2.19. The number of rotatable bonds is 5. The largest absolute Gasteiger partial charge is 0.496 e. The van der Waals surface area contributed by atoms with Crippen molar-refractivity contribution in [2.45, 2.75) is 6.92 Å². The molecule has 5 aromatic rings. The Morgan fingerprint density at radius 2 is 1.67 bits per heavy atom. The van der Waals surface area contributed by atoms with Gasteiger partial charge in [-0.3, -0.25) is 15.1 Å². The molecule has 0 saturated carbocycles. The molecule has 3 aromatic carbocycles. The quantitative estimate of drug-likeness (QED) is 0.327. The molecular formula is C27H21N3O2S. The van der Waals surface area contributed by atoms with Crippen molar-refractivity contribution in [2.75, 3.05) is 12.4 Å². The molecule has 0 spiro atoms. The van der Waals surface area contributed by atoms with Gasteiger partial charge in [0.2, 0.25) is 0 Å². The number of methoxy groups -OCH3 is 1. The first-order chi connectivity index (χ1) is 16.1. The van der Waals surface area contributed by atoms with E-state index in [1.807, 2.05) is 73.7 Å². The van der Waals surface area contributed by atoms with Gasteiger partial charge in [0.05, 0.1) is 22.9 Å². The molecule has 1 N–H and O–H groups in total. The minimum atomic E-state index is -0.260. The number of amides is 1. The van der Waals surface area contributed by atoms with Crippen molar-refractivity contribution in [1.82, 2.24) is 9.97 Å². The predicted octanol–water partition coefficient (Wildman–Crippen LogP) is 6.59. The molecule has 0 saturated heterocycles.